The fraction of sp³-hybridized carbons (Fsp3) is 0.0227. The lowest BCUT2D eigenvalue weighted by atomic mass is 9.91. The van der Waals surface area contributed by atoms with E-state index in [1.165, 1.54) is 10.8 Å². The Morgan fingerprint density at radius 2 is 1.02 bits per heavy atom. The molecule has 5 heteroatoms. The number of aromatic nitrogens is 3. The zero-order valence-corrected chi connectivity index (χ0v) is 26.8. The fourth-order valence-electron chi connectivity index (χ4n) is 6.85. The van der Waals surface area contributed by atoms with Crippen LogP contribution in [0.5, 0.6) is 0 Å². The number of furan rings is 1. The molecule has 0 saturated carbocycles. The monoisotopic (exact) mass is 630 g/mol. The molecule has 0 aliphatic rings. The lowest BCUT2D eigenvalue weighted by molar-refractivity contribution is 0.636. The number of nitrogens with zero attached hydrogens (tertiary/aromatic N) is 3. The predicted octanol–water partition coefficient (Wildman–Crippen LogP) is 11.1. The maximum atomic E-state index is 6.47. The van der Waals surface area contributed by atoms with Crippen molar-refractivity contribution in [2.45, 2.75) is 6.92 Å². The van der Waals surface area contributed by atoms with Gasteiger partial charge in [0.15, 0.2) is 23.4 Å². The van der Waals surface area contributed by atoms with Gasteiger partial charge < -0.3 is 10.2 Å². The summed E-state index contributed by atoms with van der Waals surface area (Å²) in [6, 6.07) is 50.1. The van der Waals surface area contributed by atoms with Crippen LogP contribution in [0.4, 0.5) is 5.88 Å². The van der Waals surface area contributed by atoms with E-state index in [-0.39, 0.29) is 0 Å². The standard InChI is InChI=1S/C44H30N4O/c1-2-35(40-38-15-7-8-17-39(38)49-41(40)45)37-16-9-14-31-26-34(22-23-36(31)37)44-47-42(32-20-18-27-10-3-5-12-29(27)24-32)46-43(48-44)33-21-19-28-11-4-6-13-30(28)25-33/h2-26H,45H2,1H3/b35-2-. The van der Waals surface area contributed by atoms with Gasteiger partial charge in [-0.2, -0.15) is 0 Å². The van der Waals surface area contributed by atoms with E-state index in [1.54, 1.807) is 0 Å². The third kappa shape index (κ3) is 5.00. The second kappa shape index (κ2) is 11.6. The van der Waals surface area contributed by atoms with Crippen molar-refractivity contribution in [2.24, 2.45) is 0 Å². The normalized spacial score (nSPS) is 12.0. The Hall–Kier alpha value is -6.59. The first kappa shape index (κ1) is 28.6. The lowest BCUT2D eigenvalue weighted by Gasteiger charge is -2.13. The molecule has 0 bridgehead atoms. The maximum absolute atomic E-state index is 6.47. The first-order valence-corrected chi connectivity index (χ1v) is 16.3. The molecule has 5 nitrogen and oxygen atoms in total. The first-order chi connectivity index (χ1) is 24.1. The van der Waals surface area contributed by atoms with Gasteiger partial charge >= 0.3 is 0 Å². The fourth-order valence-corrected chi connectivity index (χ4v) is 6.85. The molecule has 0 fully saturated rings. The van der Waals surface area contributed by atoms with Gasteiger partial charge in [-0.25, -0.2) is 15.0 Å². The summed E-state index contributed by atoms with van der Waals surface area (Å²) < 4.78 is 5.95. The highest BCUT2D eigenvalue weighted by molar-refractivity contribution is 6.06. The summed E-state index contributed by atoms with van der Waals surface area (Å²) in [6.07, 6.45) is 2.11. The third-order valence-corrected chi connectivity index (χ3v) is 9.26. The van der Waals surface area contributed by atoms with Gasteiger partial charge in [0.25, 0.3) is 0 Å². The number of allylic oxidation sites excluding steroid dienone is 1. The molecule has 232 valence electrons. The van der Waals surface area contributed by atoms with Crippen molar-refractivity contribution in [3.8, 4) is 34.2 Å². The van der Waals surface area contributed by atoms with Crippen LogP contribution < -0.4 is 5.73 Å². The topological polar surface area (TPSA) is 77.8 Å². The summed E-state index contributed by atoms with van der Waals surface area (Å²) in [5, 5.41) is 7.78. The summed E-state index contributed by atoms with van der Waals surface area (Å²) in [5.74, 6) is 2.29. The Morgan fingerprint density at radius 1 is 0.510 bits per heavy atom. The smallest absolute Gasteiger partial charge is 0.199 e. The van der Waals surface area contributed by atoms with Crippen LogP contribution in [-0.4, -0.2) is 15.0 Å². The molecule has 0 radical (unpaired) electrons. The quantitative estimate of drug-likeness (QED) is 0.205. The van der Waals surface area contributed by atoms with Gasteiger partial charge in [0.05, 0.1) is 5.56 Å². The molecule has 49 heavy (non-hydrogen) atoms. The summed E-state index contributed by atoms with van der Waals surface area (Å²) >= 11 is 0. The summed E-state index contributed by atoms with van der Waals surface area (Å²) in [6.45, 7) is 2.04. The van der Waals surface area contributed by atoms with E-state index in [4.69, 9.17) is 25.1 Å². The highest BCUT2D eigenvalue weighted by atomic mass is 16.3. The van der Waals surface area contributed by atoms with E-state index < -0.39 is 0 Å². The van der Waals surface area contributed by atoms with Gasteiger partial charge in [0, 0.05) is 22.1 Å². The number of anilines is 1. The summed E-state index contributed by atoms with van der Waals surface area (Å²) in [7, 11) is 0. The number of benzene rings is 7. The molecule has 0 aliphatic heterocycles. The Kier molecular flexibility index (Phi) is 6.76. The Morgan fingerprint density at radius 3 is 1.63 bits per heavy atom. The molecule has 0 amide bonds. The number of nitrogen functional groups attached to an aromatic ring is 1. The van der Waals surface area contributed by atoms with Crippen LogP contribution in [0.25, 0.3) is 83.0 Å². The van der Waals surface area contributed by atoms with Crippen LogP contribution in [-0.2, 0) is 0 Å². The van der Waals surface area contributed by atoms with Crippen molar-refractivity contribution in [3.05, 3.63) is 163 Å². The molecular formula is C44H30N4O. The number of para-hydroxylation sites is 1. The molecule has 7 aromatic carbocycles. The highest BCUT2D eigenvalue weighted by Gasteiger charge is 2.19. The van der Waals surface area contributed by atoms with Crippen molar-refractivity contribution in [1.82, 2.24) is 15.0 Å². The summed E-state index contributed by atoms with van der Waals surface area (Å²) in [4.78, 5) is 15.2. The van der Waals surface area contributed by atoms with Crippen molar-refractivity contribution in [1.29, 1.82) is 0 Å². The Labute approximate surface area is 283 Å². The average Bonchev–Trinajstić information content (AvgIpc) is 3.49. The minimum absolute atomic E-state index is 0.413. The zero-order valence-electron chi connectivity index (χ0n) is 26.8. The Balaban J connectivity index is 1.20. The molecule has 2 heterocycles. The minimum Gasteiger partial charge on any atom is -0.440 e. The zero-order chi connectivity index (χ0) is 32.9. The second-order valence-electron chi connectivity index (χ2n) is 12.2. The van der Waals surface area contributed by atoms with Crippen LogP contribution in [0.1, 0.15) is 18.1 Å². The Bertz CT molecular complexity index is 2660. The van der Waals surface area contributed by atoms with Gasteiger partial charge in [0.1, 0.15) is 5.58 Å². The molecule has 2 N–H and O–H groups in total. The van der Waals surface area contributed by atoms with Crippen molar-refractivity contribution >= 4 is 54.7 Å². The van der Waals surface area contributed by atoms with Crippen LogP contribution in [0.3, 0.4) is 0 Å². The minimum atomic E-state index is 0.413. The third-order valence-electron chi connectivity index (χ3n) is 9.26. The van der Waals surface area contributed by atoms with Gasteiger partial charge in [-0.1, -0.05) is 127 Å². The number of hydrogen-bond donors (Lipinski definition) is 1. The SMILES string of the molecule is C/C=C(/c1cccc2cc(-c3nc(-c4ccc5ccccc5c4)nc(-c4ccc5ccccc5c4)n3)ccc12)c1c(N)oc2ccccc12. The van der Waals surface area contributed by atoms with E-state index >= 15 is 0 Å². The van der Waals surface area contributed by atoms with Gasteiger partial charge in [-0.15, -0.1) is 0 Å². The molecule has 0 spiro atoms. The average molecular weight is 631 g/mol. The van der Waals surface area contributed by atoms with E-state index in [1.807, 2.05) is 25.1 Å². The molecule has 9 aromatic rings. The van der Waals surface area contributed by atoms with Gasteiger partial charge in [-0.3, -0.25) is 0 Å². The molecule has 0 saturated heterocycles. The molecule has 0 atom stereocenters. The van der Waals surface area contributed by atoms with E-state index in [9.17, 15) is 0 Å². The van der Waals surface area contributed by atoms with Crippen LogP contribution in [0.2, 0.25) is 0 Å². The van der Waals surface area contributed by atoms with Crippen molar-refractivity contribution in [2.75, 3.05) is 5.73 Å². The molecule has 0 aliphatic carbocycles. The van der Waals surface area contributed by atoms with E-state index in [2.05, 4.69) is 133 Å². The second-order valence-corrected chi connectivity index (χ2v) is 12.2. The van der Waals surface area contributed by atoms with Gasteiger partial charge in [0.2, 0.25) is 0 Å². The number of rotatable bonds is 5. The first-order valence-electron chi connectivity index (χ1n) is 16.3. The summed E-state index contributed by atoms with van der Waals surface area (Å²) in [5.41, 5.74) is 13.0. The van der Waals surface area contributed by atoms with E-state index in [0.29, 0.717) is 23.4 Å². The number of fused-ring (bicyclic) bond motifs is 4. The molecule has 0 unspecified atom stereocenters. The largest absolute Gasteiger partial charge is 0.440 e. The van der Waals surface area contributed by atoms with Crippen LogP contribution >= 0.6 is 0 Å². The molecular weight excluding hydrogens is 601 g/mol. The van der Waals surface area contributed by atoms with Crippen LogP contribution in [0.15, 0.2) is 156 Å². The van der Waals surface area contributed by atoms with Crippen LogP contribution in [0, 0.1) is 0 Å². The highest BCUT2D eigenvalue weighted by Crippen LogP contribution is 2.40. The van der Waals surface area contributed by atoms with Crippen molar-refractivity contribution in [3.63, 3.8) is 0 Å². The predicted molar refractivity (Wildman–Crippen MR) is 202 cm³/mol. The number of hydrogen-bond acceptors (Lipinski definition) is 5. The molecule has 9 rings (SSSR count). The number of nitrogens with two attached hydrogens (primary N) is 1. The van der Waals surface area contributed by atoms with E-state index in [0.717, 1.165) is 65.9 Å². The molecule has 2 aromatic heterocycles. The van der Waals surface area contributed by atoms with Gasteiger partial charge in [-0.05, 0) is 74.6 Å². The lowest BCUT2D eigenvalue weighted by Crippen LogP contribution is -2.00. The van der Waals surface area contributed by atoms with Crippen molar-refractivity contribution < 1.29 is 4.42 Å². The maximum Gasteiger partial charge on any atom is 0.199 e.